The summed E-state index contributed by atoms with van der Waals surface area (Å²) in [5, 5.41) is 12.5. The highest BCUT2D eigenvalue weighted by atomic mass is 19.1. The van der Waals surface area contributed by atoms with E-state index in [0.29, 0.717) is 5.69 Å². The lowest BCUT2D eigenvalue weighted by Gasteiger charge is -2.31. The molecule has 2 N–H and O–H groups in total. The Morgan fingerprint density at radius 3 is 2.43 bits per heavy atom. The predicted octanol–water partition coefficient (Wildman–Crippen LogP) is 3.73. The number of aryl methyl sites for hydroxylation is 1. The van der Waals surface area contributed by atoms with E-state index < -0.39 is 29.6 Å². The van der Waals surface area contributed by atoms with Gasteiger partial charge in [0.25, 0.3) is 0 Å². The monoisotopic (exact) mass is 295 g/mol. The normalized spacial score (nSPS) is 13.8. The summed E-state index contributed by atoms with van der Waals surface area (Å²) in [5.74, 6) is -1.66. The first-order chi connectivity index (χ1) is 9.85. The molecule has 0 spiro atoms. The van der Waals surface area contributed by atoms with E-state index in [9.17, 15) is 18.3 Å². The Kier molecular flexibility index (Phi) is 4.23. The number of hydrogen-bond donors (Lipinski definition) is 2. The van der Waals surface area contributed by atoms with Gasteiger partial charge in [-0.2, -0.15) is 0 Å². The second kappa shape index (κ2) is 5.77. The van der Waals surface area contributed by atoms with Crippen molar-refractivity contribution < 1.29 is 18.3 Å². The molecule has 0 heterocycles. The van der Waals surface area contributed by atoms with E-state index in [2.05, 4.69) is 5.32 Å². The molecule has 0 bridgehead atoms. The Hall–Kier alpha value is -2.01. The number of nitrogens with one attached hydrogen (secondary N) is 1. The Bertz CT molecular complexity index is 660. The number of aliphatic hydroxyl groups is 1. The summed E-state index contributed by atoms with van der Waals surface area (Å²) in [4.78, 5) is 0. The third-order valence-corrected chi connectivity index (χ3v) is 3.40. The van der Waals surface area contributed by atoms with Crippen molar-refractivity contribution >= 4 is 5.69 Å². The summed E-state index contributed by atoms with van der Waals surface area (Å²) in [6, 6.07) is 7.68. The van der Waals surface area contributed by atoms with E-state index in [1.165, 1.54) is 32.0 Å². The van der Waals surface area contributed by atoms with Gasteiger partial charge in [0.1, 0.15) is 17.5 Å². The van der Waals surface area contributed by atoms with Crippen molar-refractivity contribution in [1.29, 1.82) is 0 Å². The summed E-state index contributed by atoms with van der Waals surface area (Å²) < 4.78 is 41.0. The van der Waals surface area contributed by atoms with Crippen LogP contribution in [0.3, 0.4) is 0 Å². The van der Waals surface area contributed by atoms with Gasteiger partial charge in [0.2, 0.25) is 0 Å². The van der Waals surface area contributed by atoms with Crippen molar-refractivity contribution in [3.05, 3.63) is 65.0 Å². The Morgan fingerprint density at radius 1 is 1.10 bits per heavy atom. The summed E-state index contributed by atoms with van der Waals surface area (Å²) in [5.41, 5.74) is -0.738. The van der Waals surface area contributed by atoms with Gasteiger partial charge in [-0.15, -0.1) is 0 Å². The summed E-state index contributed by atoms with van der Waals surface area (Å²) in [6.07, 6.45) is 0. The molecule has 1 atom stereocenters. The molecule has 0 fully saturated rings. The first kappa shape index (κ1) is 15.4. The lowest BCUT2D eigenvalue weighted by atomic mass is 9.91. The van der Waals surface area contributed by atoms with E-state index in [1.807, 2.05) is 0 Å². The van der Waals surface area contributed by atoms with Crippen LogP contribution in [0.5, 0.6) is 0 Å². The molecule has 5 heteroatoms. The first-order valence-electron chi connectivity index (χ1n) is 6.46. The van der Waals surface area contributed by atoms with E-state index in [1.54, 1.807) is 6.07 Å². The van der Waals surface area contributed by atoms with Crippen LogP contribution in [0.4, 0.5) is 18.9 Å². The zero-order valence-electron chi connectivity index (χ0n) is 11.8. The van der Waals surface area contributed by atoms with Gasteiger partial charge >= 0.3 is 0 Å². The number of halogens is 3. The Labute approximate surface area is 121 Å². The lowest BCUT2D eigenvalue weighted by molar-refractivity contribution is 0.220. The molecule has 0 aliphatic carbocycles. The van der Waals surface area contributed by atoms with Crippen LogP contribution in [0.15, 0.2) is 36.4 Å². The van der Waals surface area contributed by atoms with Crippen LogP contribution in [-0.2, 0) is 5.54 Å². The smallest absolute Gasteiger partial charge is 0.129 e. The molecule has 0 aliphatic rings. The third-order valence-electron chi connectivity index (χ3n) is 3.40. The summed E-state index contributed by atoms with van der Waals surface area (Å²) in [6.45, 7) is 2.49. The van der Waals surface area contributed by atoms with Gasteiger partial charge in [-0.05, 0) is 49.7 Å². The highest BCUT2D eigenvalue weighted by Crippen LogP contribution is 2.29. The lowest BCUT2D eigenvalue weighted by Crippen LogP contribution is -2.37. The van der Waals surface area contributed by atoms with E-state index in [4.69, 9.17) is 0 Å². The zero-order chi connectivity index (χ0) is 15.6. The number of anilines is 1. The van der Waals surface area contributed by atoms with Gasteiger partial charge in [0.05, 0.1) is 12.1 Å². The molecule has 2 aromatic rings. The largest absolute Gasteiger partial charge is 0.394 e. The minimum Gasteiger partial charge on any atom is -0.394 e. The SMILES string of the molecule is Cc1cc(F)c(C(C)(CO)Nc2cccc(F)c2)cc1F. The fraction of sp³-hybridized carbons (Fsp3) is 0.250. The van der Waals surface area contributed by atoms with Gasteiger partial charge in [-0.3, -0.25) is 0 Å². The number of aliphatic hydroxyl groups excluding tert-OH is 1. The van der Waals surface area contributed by atoms with Gasteiger partial charge < -0.3 is 10.4 Å². The van der Waals surface area contributed by atoms with Gasteiger partial charge in [-0.25, -0.2) is 13.2 Å². The van der Waals surface area contributed by atoms with Crippen molar-refractivity contribution in [1.82, 2.24) is 0 Å². The predicted molar refractivity (Wildman–Crippen MR) is 75.6 cm³/mol. The van der Waals surface area contributed by atoms with Crippen molar-refractivity contribution in [2.24, 2.45) is 0 Å². The molecule has 112 valence electrons. The van der Waals surface area contributed by atoms with Crippen molar-refractivity contribution in [3.63, 3.8) is 0 Å². The van der Waals surface area contributed by atoms with Crippen LogP contribution in [0, 0.1) is 24.4 Å². The maximum Gasteiger partial charge on any atom is 0.129 e. The molecule has 2 aromatic carbocycles. The summed E-state index contributed by atoms with van der Waals surface area (Å²) in [7, 11) is 0. The molecule has 0 amide bonds. The van der Waals surface area contributed by atoms with Crippen molar-refractivity contribution in [2.45, 2.75) is 19.4 Å². The van der Waals surface area contributed by atoms with E-state index >= 15 is 0 Å². The standard InChI is InChI=1S/C16H16F3NO/c1-10-6-15(19)13(8-14(10)18)16(2,9-21)20-12-5-3-4-11(17)7-12/h3-8,20-21H,9H2,1-2H3. The maximum atomic E-state index is 14.1. The maximum absolute atomic E-state index is 14.1. The first-order valence-corrected chi connectivity index (χ1v) is 6.46. The van der Waals surface area contributed by atoms with Gasteiger partial charge in [0, 0.05) is 11.3 Å². The van der Waals surface area contributed by atoms with Crippen LogP contribution in [0.25, 0.3) is 0 Å². The van der Waals surface area contributed by atoms with Crippen LogP contribution >= 0.6 is 0 Å². The molecule has 2 nitrogen and oxygen atoms in total. The second-order valence-electron chi connectivity index (χ2n) is 5.21. The molecule has 21 heavy (non-hydrogen) atoms. The third kappa shape index (κ3) is 3.19. The molecule has 0 aromatic heterocycles. The minimum absolute atomic E-state index is 0.0163. The number of benzene rings is 2. The topological polar surface area (TPSA) is 32.3 Å². The summed E-state index contributed by atoms with van der Waals surface area (Å²) >= 11 is 0. The Morgan fingerprint density at radius 2 is 1.81 bits per heavy atom. The molecule has 0 aliphatic heterocycles. The fourth-order valence-electron chi connectivity index (χ4n) is 2.15. The van der Waals surface area contributed by atoms with Gasteiger partial charge in [-0.1, -0.05) is 6.07 Å². The minimum atomic E-state index is -1.27. The zero-order valence-corrected chi connectivity index (χ0v) is 11.8. The van der Waals surface area contributed by atoms with Crippen LogP contribution < -0.4 is 5.32 Å². The molecular formula is C16H16F3NO. The van der Waals surface area contributed by atoms with Gasteiger partial charge in [0.15, 0.2) is 0 Å². The molecule has 0 radical (unpaired) electrons. The number of hydrogen-bond acceptors (Lipinski definition) is 2. The average Bonchev–Trinajstić information content (AvgIpc) is 2.42. The quantitative estimate of drug-likeness (QED) is 0.900. The van der Waals surface area contributed by atoms with Crippen LogP contribution in [-0.4, -0.2) is 11.7 Å². The number of rotatable bonds is 4. The van der Waals surface area contributed by atoms with Crippen LogP contribution in [0.1, 0.15) is 18.1 Å². The van der Waals surface area contributed by atoms with Crippen LogP contribution in [0.2, 0.25) is 0 Å². The molecule has 0 saturated heterocycles. The second-order valence-corrected chi connectivity index (χ2v) is 5.21. The molecule has 1 unspecified atom stereocenters. The van der Waals surface area contributed by atoms with E-state index in [-0.39, 0.29) is 11.1 Å². The highest BCUT2D eigenvalue weighted by molar-refractivity contribution is 5.48. The Balaban J connectivity index is 2.44. The van der Waals surface area contributed by atoms with E-state index in [0.717, 1.165) is 12.1 Å². The highest BCUT2D eigenvalue weighted by Gasteiger charge is 2.30. The average molecular weight is 295 g/mol. The van der Waals surface area contributed by atoms with Crippen molar-refractivity contribution in [3.8, 4) is 0 Å². The molecule has 0 saturated carbocycles. The van der Waals surface area contributed by atoms with Crippen molar-refractivity contribution in [2.75, 3.05) is 11.9 Å². The fourth-order valence-corrected chi connectivity index (χ4v) is 2.15. The molecular weight excluding hydrogens is 279 g/mol. The molecule has 2 rings (SSSR count).